The zero-order valence-electron chi connectivity index (χ0n) is 14.3. The van der Waals surface area contributed by atoms with Gasteiger partial charge in [0.05, 0.1) is 30.9 Å². The molecule has 3 rings (SSSR count). The normalized spacial score (nSPS) is 20.0. The molecule has 6 nitrogen and oxygen atoms in total. The first-order valence-corrected chi connectivity index (χ1v) is 8.45. The van der Waals surface area contributed by atoms with Crippen molar-refractivity contribution >= 4 is 11.7 Å². The molecule has 1 saturated heterocycles. The molecular weight excluding hydrogens is 318 g/mol. The highest BCUT2D eigenvalue weighted by Gasteiger charge is 2.29. The summed E-state index contributed by atoms with van der Waals surface area (Å²) in [6.45, 7) is 1.60. The average molecular weight is 341 g/mol. The van der Waals surface area contributed by atoms with Gasteiger partial charge in [0, 0.05) is 19.9 Å². The van der Waals surface area contributed by atoms with Crippen molar-refractivity contribution in [2.24, 2.45) is 0 Å². The second-order valence-corrected chi connectivity index (χ2v) is 5.93. The molecule has 1 amide bonds. The van der Waals surface area contributed by atoms with Crippen LogP contribution in [0.25, 0.3) is 0 Å². The van der Waals surface area contributed by atoms with E-state index in [1.807, 2.05) is 30.3 Å². The molecule has 1 aromatic carbocycles. The molecule has 1 aliphatic rings. The Morgan fingerprint density at radius 2 is 2.12 bits per heavy atom. The lowest BCUT2D eigenvalue weighted by Gasteiger charge is -2.32. The second kappa shape index (κ2) is 8.60. The smallest absolute Gasteiger partial charge is 0.255 e. The minimum Gasteiger partial charge on any atom is -0.379 e. The van der Waals surface area contributed by atoms with Crippen LogP contribution in [0, 0.1) is 0 Å². The Morgan fingerprint density at radius 3 is 2.92 bits per heavy atom. The van der Waals surface area contributed by atoms with E-state index < -0.39 is 0 Å². The molecule has 2 aromatic rings. The Balaban J connectivity index is 1.63. The van der Waals surface area contributed by atoms with Gasteiger partial charge in [-0.2, -0.15) is 0 Å². The summed E-state index contributed by atoms with van der Waals surface area (Å²) in [5.41, 5.74) is 1.63. The summed E-state index contributed by atoms with van der Waals surface area (Å²) in [4.78, 5) is 16.8. The maximum Gasteiger partial charge on any atom is 0.255 e. The maximum absolute atomic E-state index is 12.6. The van der Waals surface area contributed by atoms with Gasteiger partial charge in [0.15, 0.2) is 0 Å². The number of rotatable bonds is 6. The van der Waals surface area contributed by atoms with Crippen molar-refractivity contribution in [1.82, 2.24) is 10.3 Å². The van der Waals surface area contributed by atoms with Crippen LogP contribution < -0.4 is 10.6 Å². The van der Waals surface area contributed by atoms with Crippen LogP contribution in [0.2, 0.25) is 0 Å². The first-order valence-electron chi connectivity index (χ1n) is 8.45. The molecule has 0 saturated carbocycles. The number of carbonyl (C=O) groups excluding carboxylic acids is 1. The van der Waals surface area contributed by atoms with Crippen LogP contribution >= 0.6 is 0 Å². The monoisotopic (exact) mass is 341 g/mol. The number of hydrogen-bond acceptors (Lipinski definition) is 5. The molecule has 132 valence electrons. The van der Waals surface area contributed by atoms with Crippen molar-refractivity contribution < 1.29 is 14.3 Å². The lowest BCUT2D eigenvalue weighted by Crippen LogP contribution is -2.50. The van der Waals surface area contributed by atoms with Gasteiger partial charge in [0.2, 0.25) is 0 Å². The number of carbonyl (C=O) groups is 1. The van der Waals surface area contributed by atoms with E-state index in [9.17, 15) is 4.79 Å². The van der Waals surface area contributed by atoms with Crippen LogP contribution in [0.3, 0.4) is 0 Å². The Morgan fingerprint density at radius 1 is 1.28 bits per heavy atom. The van der Waals surface area contributed by atoms with Crippen molar-refractivity contribution in [1.29, 1.82) is 0 Å². The summed E-state index contributed by atoms with van der Waals surface area (Å²) in [5, 5.41) is 5.96. The van der Waals surface area contributed by atoms with Crippen molar-refractivity contribution in [3.8, 4) is 0 Å². The fourth-order valence-electron chi connectivity index (χ4n) is 2.86. The van der Waals surface area contributed by atoms with E-state index in [2.05, 4.69) is 15.6 Å². The number of amides is 1. The van der Waals surface area contributed by atoms with Gasteiger partial charge in [-0.1, -0.05) is 30.3 Å². The largest absolute Gasteiger partial charge is 0.379 e. The van der Waals surface area contributed by atoms with Crippen LogP contribution in [0.15, 0.2) is 48.7 Å². The molecule has 0 unspecified atom stereocenters. The highest BCUT2D eigenvalue weighted by atomic mass is 16.5. The van der Waals surface area contributed by atoms with Gasteiger partial charge in [-0.3, -0.25) is 4.79 Å². The molecule has 0 bridgehead atoms. The predicted octanol–water partition coefficient (Wildman–Crippen LogP) is 2.23. The molecule has 2 atom stereocenters. The molecule has 6 heteroatoms. The summed E-state index contributed by atoms with van der Waals surface area (Å²) in [5.74, 6) is 0.375. The number of pyridine rings is 1. The zero-order valence-corrected chi connectivity index (χ0v) is 14.3. The van der Waals surface area contributed by atoms with Crippen molar-refractivity contribution in [3.63, 3.8) is 0 Å². The van der Waals surface area contributed by atoms with Gasteiger partial charge >= 0.3 is 0 Å². The number of nitrogens with one attached hydrogen (secondary N) is 2. The fourth-order valence-corrected chi connectivity index (χ4v) is 2.86. The van der Waals surface area contributed by atoms with Gasteiger partial charge < -0.3 is 20.1 Å². The molecule has 0 spiro atoms. The van der Waals surface area contributed by atoms with Crippen molar-refractivity contribution in [2.75, 3.05) is 25.6 Å². The van der Waals surface area contributed by atoms with E-state index in [4.69, 9.17) is 9.47 Å². The Bertz CT molecular complexity index is 693. The average Bonchev–Trinajstić information content (AvgIpc) is 2.68. The van der Waals surface area contributed by atoms with Gasteiger partial charge in [0.25, 0.3) is 5.91 Å². The van der Waals surface area contributed by atoms with E-state index in [-0.39, 0.29) is 18.1 Å². The molecule has 0 aliphatic carbocycles. The summed E-state index contributed by atoms with van der Waals surface area (Å²) < 4.78 is 11.6. The maximum atomic E-state index is 12.6. The number of anilines is 1. The van der Waals surface area contributed by atoms with Crippen molar-refractivity contribution in [2.45, 2.75) is 25.2 Å². The molecule has 1 fully saturated rings. The minimum absolute atomic E-state index is 0.0763. The van der Waals surface area contributed by atoms with E-state index in [0.29, 0.717) is 31.2 Å². The van der Waals surface area contributed by atoms with E-state index in [1.54, 1.807) is 25.4 Å². The Hall–Kier alpha value is -2.44. The first-order chi connectivity index (χ1) is 12.3. The van der Waals surface area contributed by atoms with Crippen LogP contribution in [0.4, 0.5) is 5.82 Å². The summed E-state index contributed by atoms with van der Waals surface area (Å²) in [6, 6.07) is 13.3. The van der Waals surface area contributed by atoms with E-state index in [0.717, 1.165) is 12.0 Å². The number of benzene rings is 1. The highest BCUT2D eigenvalue weighted by Crippen LogP contribution is 2.16. The molecule has 0 radical (unpaired) electrons. The SMILES string of the molecule is CNc1ncccc1C(=O)N[C@@H]1COCC[C@@H]1OCc1ccccc1. The Kier molecular flexibility index (Phi) is 5.98. The van der Waals surface area contributed by atoms with Crippen molar-refractivity contribution in [3.05, 3.63) is 59.8 Å². The van der Waals surface area contributed by atoms with Crippen LogP contribution in [0.5, 0.6) is 0 Å². The molecule has 2 heterocycles. The van der Waals surface area contributed by atoms with Gasteiger partial charge in [0.1, 0.15) is 5.82 Å². The van der Waals surface area contributed by atoms with E-state index in [1.165, 1.54) is 0 Å². The van der Waals surface area contributed by atoms with E-state index >= 15 is 0 Å². The van der Waals surface area contributed by atoms with Gasteiger partial charge in [-0.25, -0.2) is 4.98 Å². The van der Waals surface area contributed by atoms with Crippen LogP contribution in [-0.4, -0.2) is 43.3 Å². The number of nitrogens with zero attached hydrogens (tertiary/aromatic N) is 1. The minimum atomic E-state index is -0.185. The third-order valence-electron chi connectivity index (χ3n) is 4.21. The summed E-state index contributed by atoms with van der Waals surface area (Å²) in [6.07, 6.45) is 2.33. The molecule has 1 aromatic heterocycles. The summed E-state index contributed by atoms with van der Waals surface area (Å²) >= 11 is 0. The lowest BCUT2D eigenvalue weighted by atomic mass is 10.1. The first kappa shape index (κ1) is 17.4. The van der Waals surface area contributed by atoms with Gasteiger partial charge in [-0.15, -0.1) is 0 Å². The number of aromatic nitrogens is 1. The fraction of sp³-hybridized carbons (Fsp3) is 0.368. The zero-order chi connectivity index (χ0) is 17.5. The van der Waals surface area contributed by atoms with Gasteiger partial charge in [-0.05, 0) is 24.1 Å². The predicted molar refractivity (Wildman–Crippen MR) is 95.5 cm³/mol. The topological polar surface area (TPSA) is 72.5 Å². The lowest BCUT2D eigenvalue weighted by molar-refractivity contribution is -0.0605. The number of ether oxygens (including phenoxy) is 2. The van der Waals surface area contributed by atoms with Crippen LogP contribution in [-0.2, 0) is 16.1 Å². The molecule has 25 heavy (non-hydrogen) atoms. The second-order valence-electron chi connectivity index (χ2n) is 5.93. The molecular formula is C19H23N3O3. The third-order valence-corrected chi connectivity index (χ3v) is 4.21. The molecule has 2 N–H and O–H groups in total. The van der Waals surface area contributed by atoms with Crippen LogP contribution in [0.1, 0.15) is 22.3 Å². The molecule has 1 aliphatic heterocycles. The standard InChI is InChI=1S/C19H23N3O3/c1-20-18-15(8-5-10-21-18)19(23)22-16-13-24-11-9-17(16)25-12-14-6-3-2-4-7-14/h2-8,10,16-17H,9,11-13H2,1H3,(H,20,21)(H,22,23)/t16-,17+/m1/s1. The summed E-state index contributed by atoms with van der Waals surface area (Å²) in [7, 11) is 1.74. The quantitative estimate of drug-likeness (QED) is 0.843. The number of hydrogen-bond donors (Lipinski definition) is 2. The highest BCUT2D eigenvalue weighted by molar-refractivity contribution is 5.98. The third kappa shape index (κ3) is 4.55. The Labute approximate surface area is 147 Å².